The van der Waals surface area contributed by atoms with Crippen LogP contribution in [-0.2, 0) is 24.3 Å². The molecule has 0 fully saturated rings. The van der Waals surface area contributed by atoms with Crippen LogP contribution in [0.4, 0.5) is 0 Å². The van der Waals surface area contributed by atoms with Gasteiger partial charge < -0.3 is 5.32 Å². The molecule has 30 heavy (non-hydrogen) atoms. The van der Waals surface area contributed by atoms with Crippen LogP contribution in [0.25, 0.3) is 10.8 Å². The van der Waals surface area contributed by atoms with Gasteiger partial charge in [0.1, 0.15) is 0 Å². The molecule has 0 spiro atoms. The Kier molecular flexibility index (Phi) is 5.86. The number of nitrogens with one attached hydrogen (secondary N) is 1. The fraction of sp³-hybridized carbons (Fsp3) is 0.130. The molecule has 0 aliphatic rings. The topological polar surface area (TPSA) is 76.9 Å². The normalized spacial score (nSPS) is 10.8. The average Bonchev–Trinajstić information content (AvgIpc) is 2.77. The van der Waals surface area contributed by atoms with Gasteiger partial charge >= 0.3 is 0 Å². The standard InChI is InChI=1S/C23H19ClN4O2/c24-18-9-7-16(8-10-18)12-22(29)26-14-21-19-5-1-2-6-20(19)23(30)28(27-21)15-17-4-3-11-25-13-17/h1-11,13H,12,14-15H2,(H,26,29). The van der Waals surface area contributed by atoms with Gasteiger partial charge in [-0.05, 0) is 35.4 Å². The Balaban J connectivity index is 1.58. The highest BCUT2D eigenvalue weighted by Gasteiger charge is 2.12. The number of carbonyl (C=O) groups is 1. The van der Waals surface area contributed by atoms with Crippen LogP contribution in [0.15, 0.2) is 77.9 Å². The number of fused-ring (bicyclic) bond motifs is 1. The molecule has 1 amide bonds. The molecule has 2 aromatic heterocycles. The SMILES string of the molecule is O=C(Cc1ccc(Cl)cc1)NCc1nn(Cc2cccnc2)c(=O)c2ccccc12. The minimum absolute atomic E-state index is 0.131. The molecule has 0 saturated carbocycles. The fourth-order valence-electron chi connectivity index (χ4n) is 3.24. The Bertz CT molecular complexity index is 1240. The first-order chi connectivity index (χ1) is 14.6. The van der Waals surface area contributed by atoms with E-state index in [1.165, 1.54) is 4.68 Å². The van der Waals surface area contributed by atoms with Crippen LogP contribution in [0.1, 0.15) is 16.8 Å². The number of rotatable bonds is 6. The zero-order valence-electron chi connectivity index (χ0n) is 16.1. The number of hydrogen-bond acceptors (Lipinski definition) is 4. The summed E-state index contributed by atoms with van der Waals surface area (Å²) in [7, 11) is 0. The summed E-state index contributed by atoms with van der Waals surface area (Å²) in [5.41, 5.74) is 2.21. The van der Waals surface area contributed by atoms with E-state index < -0.39 is 0 Å². The largest absolute Gasteiger partial charge is 0.350 e. The van der Waals surface area contributed by atoms with Crippen molar-refractivity contribution in [2.24, 2.45) is 0 Å². The van der Waals surface area contributed by atoms with E-state index in [1.54, 1.807) is 30.6 Å². The molecule has 0 saturated heterocycles. The number of aromatic nitrogens is 3. The fourth-order valence-corrected chi connectivity index (χ4v) is 3.37. The lowest BCUT2D eigenvalue weighted by atomic mass is 10.1. The van der Waals surface area contributed by atoms with Crippen LogP contribution >= 0.6 is 11.6 Å². The molecule has 1 N–H and O–H groups in total. The van der Waals surface area contributed by atoms with Gasteiger partial charge in [0.05, 0.1) is 30.6 Å². The summed E-state index contributed by atoms with van der Waals surface area (Å²) < 4.78 is 1.42. The summed E-state index contributed by atoms with van der Waals surface area (Å²) in [6, 6.07) is 18.2. The van der Waals surface area contributed by atoms with Crippen LogP contribution in [0.2, 0.25) is 5.02 Å². The predicted octanol–water partition coefficient (Wildman–Crippen LogP) is 3.35. The quantitative estimate of drug-likeness (QED) is 0.521. The second-order valence-electron chi connectivity index (χ2n) is 6.90. The molecule has 0 radical (unpaired) electrons. The second-order valence-corrected chi connectivity index (χ2v) is 7.33. The van der Waals surface area contributed by atoms with E-state index in [2.05, 4.69) is 15.4 Å². The van der Waals surface area contributed by atoms with Gasteiger partial charge in [0.25, 0.3) is 5.56 Å². The highest BCUT2D eigenvalue weighted by atomic mass is 35.5. The molecule has 0 atom stereocenters. The van der Waals surface area contributed by atoms with Crippen molar-refractivity contribution < 1.29 is 4.79 Å². The number of carbonyl (C=O) groups excluding carboxylic acids is 1. The zero-order valence-corrected chi connectivity index (χ0v) is 16.8. The molecular formula is C23H19ClN4O2. The monoisotopic (exact) mass is 418 g/mol. The van der Waals surface area contributed by atoms with Crippen molar-refractivity contribution in [2.45, 2.75) is 19.5 Å². The minimum atomic E-state index is -0.175. The van der Waals surface area contributed by atoms with Gasteiger partial charge in [0.2, 0.25) is 5.91 Å². The summed E-state index contributed by atoms with van der Waals surface area (Å²) >= 11 is 5.89. The molecule has 4 aromatic rings. The Hall–Kier alpha value is -3.51. The maximum Gasteiger partial charge on any atom is 0.274 e. The summed E-state index contributed by atoms with van der Waals surface area (Å²) in [4.78, 5) is 29.4. The van der Waals surface area contributed by atoms with Crippen molar-refractivity contribution in [1.82, 2.24) is 20.1 Å². The summed E-state index contributed by atoms with van der Waals surface area (Å²) in [5.74, 6) is -0.131. The predicted molar refractivity (Wildman–Crippen MR) is 116 cm³/mol. The first-order valence-corrected chi connectivity index (χ1v) is 9.87. The van der Waals surface area contributed by atoms with E-state index in [9.17, 15) is 9.59 Å². The molecule has 2 heterocycles. The summed E-state index contributed by atoms with van der Waals surface area (Å²) in [6.07, 6.45) is 3.63. The highest BCUT2D eigenvalue weighted by molar-refractivity contribution is 6.30. The van der Waals surface area contributed by atoms with Crippen molar-refractivity contribution in [2.75, 3.05) is 0 Å². The van der Waals surface area contributed by atoms with Gasteiger partial charge in [-0.3, -0.25) is 14.6 Å². The molecule has 0 bridgehead atoms. The molecule has 150 valence electrons. The van der Waals surface area contributed by atoms with Crippen molar-refractivity contribution >= 4 is 28.3 Å². The van der Waals surface area contributed by atoms with E-state index in [0.29, 0.717) is 22.6 Å². The molecule has 0 aliphatic heterocycles. The summed E-state index contributed by atoms with van der Waals surface area (Å²) in [6.45, 7) is 0.531. The van der Waals surface area contributed by atoms with Crippen molar-refractivity contribution in [3.8, 4) is 0 Å². The van der Waals surface area contributed by atoms with Crippen molar-refractivity contribution in [1.29, 1.82) is 0 Å². The highest BCUT2D eigenvalue weighted by Crippen LogP contribution is 2.14. The average molecular weight is 419 g/mol. The maximum absolute atomic E-state index is 12.9. The van der Waals surface area contributed by atoms with E-state index in [-0.39, 0.29) is 24.4 Å². The van der Waals surface area contributed by atoms with Crippen LogP contribution < -0.4 is 10.9 Å². The molecule has 2 aromatic carbocycles. The number of nitrogens with zero attached hydrogens (tertiary/aromatic N) is 3. The molecule has 7 heteroatoms. The number of pyridine rings is 1. The van der Waals surface area contributed by atoms with Gasteiger partial charge in [0, 0.05) is 22.8 Å². The van der Waals surface area contributed by atoms with E-state index >= 15 is 0 Å². The van der Waals surface area contributed by atoms with Gasteiger partial charge in [-0.2, -0.15) is 5.10 Å². The third-order valence-corrected chi connectivity index (χ3v) is 4.98. The lowest BCUT2D eigenvalue weighted by Crippen LogP contribution is -2.29. The first-order valence-electron chi connectivity index (χ1n) is 9.49. The number of halogens is 1. The van der Waals surface area contributed by atoms with E-state index in [4.69, 9.17) is 11.6 Å². The third kappa shape index (κ3) is 4.55. The number of benzene rings is 2. The van der Waals surface area contributed by atoms with Crippen LogP contribution in [-0.4, -0.2) is 20.7 Å². The molecule has 0 unspecified atom stereocenters. The molecule has 0 aliphatic carbocycles. The molecular weight excluding hydrogens is 400 g/mol. The van der Waals surface area contributed by atoms with Gasteiger partial charge in [-0.15, -0.1) is 0 Å². The van der Waals surface area contributed by atoms with Crippen LogP contribution in [0.3, 0.4) is 0 Å². The number of hydrogen-bond donors (Lipinski definition) is 1. The van der Waals surface area contributed by atoms with Gasteiger partial charge in [-0.25, -0.2) is 4.68 Å². The van der Waals surface area contributed by atoms with Crippen LogP contribution in [0.5, 0.6) is 0 Å². The minimum Gasteiger partial charge on any atom is -0.350 e. The lowest BCUT2D eigenvalue weighted by Gasteiger charge is -2.12. The lowest BCUT2D eigenvalue weighted by molar-refractivity contribution is -0.120. The Morgan fingerprint density at radius 1 is 0.967 bits per heavy atom. The molecule has 4 rings (SSSR count). The molecule has 6 nitrogen and oxygen atoms in total. The van der Waals surface area contributed by atoms with Gasteiger partial charge in [-0.1, -0.05) is 48.0 Å². The Labute approximate surface area is 178 Å². The van der Waals surface area contributed by atoms with Gasteiger partial charge in [0.15, 0.2) is 0 Å². The number of amides is 1. The maximum atomic E-state index is 12.9. The van der Waals surface area contributed by atoms with E-state index in [0.717, 1.165) is 16.5 Å². The Morgan fingerprint density at radius 3 is 2.47 bits per heavy atom. The smallest absolute Gasteiger partial charge is 0.274 e. The Morgan fingerprint density at radius 2 is 1.73 bits per heavy atom. The van der Waals surface area contributed by atoms with Crippen molar-refractivity contribution in [3.63, 3.8) is 0 Å². The first kappa shape index (κ1) is 19.8. The zero-order chi connectivity index (χ0) is 20.9. The van der Waals surface area contributed by atoms with E-state index in [1.807, 2.05) is 42.5 Å². The summed E-state index contributed by atoms with van der Waals surface area (Å²) in [5, 5.41) is 9.36. The van der Waals surface area contributed by atoms with Crippen LogP contribution in [0, 0.1) is 0 Å². The second kappa shape index (κ2) is 8.88. The van der Waals surface area contributed by atoms with Crippen molar-refractivity contribution in [3.05, 3.63) is 105 Å². The third-order valence-electron chi connectivity index (χ3n) is 4.73.